The predicted octanol–water partition coefficient (Wildman–Crippen LogP) is 2.86. The molecule has 1 aromatic rings. The van der Waals surface area contributed by atoms with Crippen LogP contribution in [-0.2, 0) is 0 Å². The molecule has 2 heteroatoms. The number of thioether (sulfide) groups is 1. The van der Waals surface area contributed by atoms with Crippen LogP contribution >= 0.6 is 11.8 Å². The molecule has 0 aliphatic rings. The summed E-state index contributed by atoms with van der Waals surface area (Å²) in [6.07, 6.45) is -0.258. The van der Waals surface area contributed by atoms with Gasteiger partial charge in [-0.3, -0.25) is 0 Å². The van der Waals surface area contributed by atoms with Crippen LogP contribution in [0.3, 0.4) is 0 Å². The number of aliphatic hydroxyl groups is 1. The van der Waals surface area contributed by atoms with Gasteiger partial charge in [0.15, 0.2) is 0 Å². The monoisotopic (exact) mass is 196 g/mol. The molecule has 0 heterocycles. The fourth-order valence-corrected chi connectivity index (χ4v) is 1.85. The third-order valence-corrected chi connectivity index (χ3v) is 3.33. The lowest BCUT2D eigenvalue weighted by atomic mass is 10.2. The molecule has 0 spiro atoms. The van der Waals surface area contributed by atoms with Gasteiger partial charge in [0, 0.05) is 10.1 Å². The maximum Gasteiger partial charge on any atom is 0.0631 e. The molecule has 0 fully saturated rings. The zero-order valence-corrected chi connectivity index (χ0v) is 9.14. The zero-order chi connectivity index (χ0) is 9.84. The molecule has 0 bridgehead atoms. The summed E-state index contributed by atoms with van der Waals surface area (Å²) >= 11 is 1.71. The average molecular weight is 196 g/mol. The number of aryl methyl sites for hydroxylation is 1. The van der Waals surface area contributed by atoms with Gasteiger partial charge in [-0.05, 0) is 26.0 Å². The van der Waals surface area contributed by atoms with Crippen molar-refractivity contribution in [3.05, 3.63) is 29.8 Å². The molecule has 1 aromatic carbocycles. The van der Waals surface area contributed by atoms with E-state index in [1.54, 1.807) is 11.8 Å². The Balaban J connectivity index is 2.59. The smallest absolute Gasteiger partial charge is 0.0631 e. The number of hydrogen-bond donors (Lipinski definition) is 1. The van der Waals surface area contributed by atoms with Gasteiger partial charge in [0.1, 0.15) is 0 Å². The number of benzene rings is 1. The van der Waals surface area contributed by atoms with Gasteiger partial charge < -0.3 is 5.11 Å². The summed E-state index contributed by atoms with van der Waals surface area (Å²) in [6.45, 7) is 5.94. The van der Waals surface area contributed by atoms with E-state index in [-0.39, 0.29) is 11.4 Å². The zero-order valence-electron chi connectivity index (χ0n) is 8.32. The third kappa shape index (κ3) is 3.41. The first kappa shape index (κ1) is 10.6. The second-order valence-electron chi connectivity index (χ2n) is 3.38. The Morgan fingerprint density at radius 1 is 1.15 bits per heavy atom. The summed E-state index contributed by atoms with van der Waals surface area (Å²) in [5, 5.41) is 9.57. The van der Waals surface area contributed by atoms with Crippen molar-refractivity contribution in [2.45, 2.75) is 37.0 Å². The van der Waals surface area contributed by atoms with E-state index < -0.39 is 0 Å². The number of rotatable bonds is 3. The summed E-state index contributed by atoms with van der Waals surface area (Å²) in [5.74, 6) is 0. The summed E-state index contributed by atoms with van der Waals surface area (Å²) in [5.41, 5.74) is 1.27. The molecule has 1 rings (SSSR count). The van der Waals surface area contributed by atoms with Crippen molar-refractivity contribution >= 4 is 11.8 Å². The maximum absolute atomic E-state index is 9.32. The predicted molar refractivity (Wildman–Crippen MR) is 58.2 cm³/mol. The van der Waals surface area contributed by atoms with Crippen molar-refractivity contribution in [2.24, 2.45) is 0 Å². The van der Waals surface area contributed by atoms with Crippen LogP contribution in [-0.4, -0.2) is 16.5 Å². The average Bonchev–Trinajstić information content (AvgIpc) is 2.08. The van der Waals surface area contributed by atoms with Gasteiger partial charge in [-0.2, -0.15) is 0 Å². The minimum absolute atomic E-state index is 0.253. The third-order valence-electron chi connectivity index (χ3n) is 2.02. The van der Waals surface area contributed by atoms with Crippen molar-refractivity contribution in [1.29, 1.82) is 0 Å². The van der Waals surface area contributed by atoms with E-state index in [4.69, 9.17) is 0 Å². The van der Waals surface area contributed by atoms with Crippen LogP contribution in [0, 0.1) is 6.92 Å². The van der Waals surface area contributed by atoms with E-state index in [0.717, 1.165) is 0 Å². The summed E-state index contributed by atoms with van der Waals surface area (Å²) < 4.78 is 0. The molecule has 2 unspecified atom stereocenters. The summed E-state index contributed by atoms with van der Waals surface area (Å²) in [6, 6.07) is 8.38. The lowest BCUT2D eigenvalue weighted by molar-refractivity contribution is 0.196. The van der Waals surface area contributed by atoms with Crippen LogP contribution in [0.4, 0.5) is 0 Å². The van der Waals surface area contributed by atoms with E-state index >= 15 is 0 Å². The molecule has 0 amide bonds. The molecule has 72 valence electrons. The van der Waals surface area contributed by atoms with Crippen LogP contribution in [0.1, 0.15) is 19.4 Å². The van der Waals surface area contributed by atoms with Crippen LogP contribution in [0.5, 0.6) is 0 Å². The Kier molecular flexibility index (Phi) is 3.82. The van der Waals surface area contributed by atoms with Crippen molar-refractivity contribution in [3.8, 4) is 0 Å². The molecule has 1 nitrogen and oxygen atoms in total. The molecule has 0 aliphatic carbocycles. The highest BCUT2D eigenvalue weighted by atomic mass is 32.2. The van der Waals surface area contributed by atoms with Crippen molar-refractivity contribution in [3.63, 3.8) is 0 Å². The first-order valence-corrected chi connectivity index (χ1v) is 5.39. The molecule has 0 radical (unpaired) electrons. The number of hydrogen-bond acceptors (Lipinski definition) is 2. The lowest BCUT2D eigenvalue weighted by Crippen LogP contribution is -2.14. The molecule has 0 saturated carbocycles. The van der Waals surface area contributed by atoms with Crippen molar-refractivity contribution in [2.75, 3.05) is 0 Å². The molecule has 1 N–H and O–H groups in total. The van der Waals surface area contributed by atoms with E-state index in [0.29, 0.717) is 0 Å². The quantitative estimate of drug-likeness (QED) is 0.750. The normalized spacial score (nSPS) is 15.4. The highest BCUT2D eigenvalue weighted by Crippen LogP contribution is 2.25. The molecule has 0 saturated heterocycles. The lowest BCUT2D eigenvalue weighted by Gasteiger charge is -2.13. The van der Waals surface area contributed by atoms with Gasteiger partial charge >= 0.3 is 0 Å². The van der Waals surface area contributed by atoms with Gasteiger partial charge in [-0.25, -0.2) is 0 Å². The maximum atomic E-state index is 9.32. The SMILES string of the molecule is Cc1ccc(SC(C)C(C)O)cc1. The Morgan fingerprint density at radius 3 is 2.15 bits per heavy atom. The van der Waals surface area contributed by atoms with Crippen LogP contribution in [0.2, 0.25) is 0 Å². The fourth-order valence-electron chi connectivity index (χ4n) is 0.930. The minimum atomic E-state index is -0.258. The molecular formula is C11H16OS. The van der Waals surface area contributed by atoms with Crippen LogP contribution in [0.25, 0.3) is 0 Å². The van der Waals surface area contributed by atoms with Crippen molar-refractivity contribution < 1.29 is 5.11 Å². The molecule has 0 aliphatic heterocycles. The van der Waals surface area contributed by atoms with Gasteiger partial charge in [0.2, 0.25) is 0 Å². The van der Waals surface area contributed by atoms with E-state index in [1.165, 1.54) is 10.5 Å². The van der Waals surface area contributed by atoms with Gasteiger partial charge in [-0.1, -0.05) is 24.6 Å². The van der Waals surface area contributed by atoms with Crippen LogP contribution in [0.15, 0.2) is 29.2 Å². The van der Waals surface area contributed by atoms with E-state index in [2.05, 4.69) is 31.2 Å². The Morgan fingerprint density at radius 2 is 1.69 bits per heavy atom. The summed E-state index contributed by atoms with van der Waals surface area (Å²) in [7, 11) is 0. The molecule has 2 atom stereocenters. The highest BCUT2D eigenvalue weighted by Gasteiger charge is 2.09. The Labute approximate surface area is 84.2 Å². The molecule has 0 aromatic heterocycles. The Hall–Kier alpha value is -0.470. The second kappa shape index (κ2) is 4.68. The summed E-state index contributed by atoms with van der Waals surface area (Å²) in [4.78, 5) is 1.22. The van der Waals surface area contributed by atoms with Crippen LogP contribution < -0.4 is 0 Å². The van der Waals surface area contributed by atoms with Gasteiger partial charge in [0.25, 0.3) is 0 Å². The largest absolute Gasteiger partial charge is 0.392 e. The topological polar surface area (TPSA) is 20.2 Å². The molecular weight excluding hydrogens is 180 g/mol. The van der Waals surface area contributed by atoms with Gasteiger partial charge in [0.05, 0.1) is 6.10 Å². The molecule has 13 heavy (non-hydrogen) atoms. The van der Waals surface area contributed by atoms with Gasteiger partial charge in [-0.15, -0.1) is 11.8 Å². The second-order valence-corrected chi connectivity index (χ2v) is 4.83. The van der Waals surface area contributed by atoms with E-state index in [1.807, 2.05) is 13.8 Å². The van der Waals surface area contributed by atoms with Crippen molar-refractivity contribution in [1.82, 2.24) is 0 Å². The fraction of sp³-hybridized carbons (Fsp3) is 0.455. The standard InChI is InChI=1S/C11H16OS/c1-8-4-6-11(7-5-8)13-10(3)9(2)12/h4-7,9-10,12H,1-3H3. The first-order chi connectivity index (χ1) is 6.09. The minimum Gasteiger partial charge on any atom is -0.392 e. The first-order valence-electron chi connectivity index (χ1n) is 4.51. The highest BCUT2D eigenvalue weighted by molar-refractivity contribution is 8.00. The Bertz CT molecular complexity index is 253. The number of aliphatic hydroxyl groups excluding tert-OH is 1. The van der Waals surface area contributed by atoms with E-state index in [9.17, 15) is 5.11 Å².